The first-order valence-corrected chi connectivity index (χ1v) is 7.74. The Morgan fingerprint density at radius 1 is 1.62 bits per heavy atom. The highest BCUT2D eigenvalue weighted by molar-refractivity contribution is 7.17. The van der Waals surface area contributed by atoms with Crippen LogP contribution < -0.4 is 10.1 Å². The third-order valence-corrected chi connectivity index (χ3v) is 3.64. The predicted octanol–water partition coefficient (Wildman–Crippen LogP) is 2.79. The number of carbonyl (C=O) groups excluding carboxylic acids is 1. The van der Waals surface area contributed by atoms with Crippen molar-refractivity contribution in [2.75, 3.05) is 18.9 Å². The van der Waals surface area contributed by atoms with Gasteiger partial charge in [0, 0.05) is 19.7 Å². The van der Waals surface area contributed by atoms with Gasteiger partial charge in [-0.15, -0.1) is 0 Å². The maximum Gasteiger partial charge on any atom is 0.323 e. The summed E-state index contributed by atoms with van der Waals surface area (Å²) < 4.78 is 19.0. The molecule has 1 aromatic carbocycles. The number of amides is 2. The van der Waals surface area contributed by atoms with Gasteiger partial charge in [-0.1, -0.05) is 11.3 Å². The summed E-state index contributed by atoms with van der Waals surface area (Å²) in [6.07, 6.45) is 0.694. The Morgan fingerprint density at radius 2 is 2.38 bits per heavy atom. The van der Waals surface area contributed by atoms with E-state index in [9.17, 15) is 14.3 Å². The molecule has 1 heterocycles. The first kappa shape index (κ1) is 17.7. The van der Waals surface area contributed by atoms with Crippen molar-refractivity contribution in [3.8, 4) is 16.9 Å². The number of hydrogen-bond donors (Lipinski definition) is 2. The van der Waals surface area contributed by atoms with Crippen molar-refractivity contribution < 1.29 is 19.0 Å². The summed E-state index contributed by atoms with van der Waals surface area (Å²) >= 11 is 1.01. The van der Waals surface area contributed by atoms with Crippen LogP contribution in [0.3, 0.4) is 0 Å². The van der Waals surface area contributed by atoms with Crippen LogP contribution in [-0.4, -0.2) is 40.7 Å². The van der Waals surface area contributed by atoms with Gasteiger partial charge in [-0.05, 0) is 19.1 Å². The summed E-state index contributed by atoms with van der Waals surface area (Å²) in [5, 5.41) is 21.2. The average molecular weight is 350 g/mol. The maximum atomic E-state index is 13.7. The van der Waals surface area contributed by atoms with E-state index < -0.39 is 18.0 Å². The van der Waals surface area contributed by atoms with Gasteiger partial charge in [0.2, 0.25) is 5.06 Å². The fraction of sp³-hybridized carbons (Fsp3) is 0.267. The summed E-state index contributed by atoms with van der Waals surface area (Å²) in [4.78, 5) is 17.2. The van der Waals surface area contributed by atoms with E-state index in [-0.39, 0.29) is 28.1 Å². The number of aliphatic hydroxyl groups excluding tert-OH is 1. The quantitative estimate of drug-likeness (QED) is 0.864. The monoisotopic (exact) mass is 350 g/mol. The Balaban J connectivity index is 2.04. The van der Waals surface area contributed by atoms with E-state index in [1.54, 1.807) is 6.92 Å². The molecule has 9 heteroatoms. The Morgan fingerprint density at radius 3 is 3.04 bits per heavy atom. The third-order valence-electron chi connectivity index (χ3n) is 2.85. The van der Waals surface area contributed by atoms with Crippen LogP contribution in [0.15, 0.2) is 24.4 Å². The van der Waals surface area contributed by atoms with E-state index in [0.717, 1.165) is 17.4 Å². The van der Waals surface area contributed by atoms with Crippen molar-refractivity contribution in [3.05, 3.63) is 35.8 Å². The number of thiazole rings is 1. The van der Waals surface area contributed by atoms with Gasteiger partial charge in [-0.3, -0.25) is 5.32 Å². The predicted molar refractivity (Wildman–Crippen MR) is 86.6 cm³/mol. The molecule has 2 aromatic rings. The molecule has 24 heavy (non-hydrogen) atoms. The summed E-state index contributed by atoms with van der Waals surface area (Å²) in [7, 11) is 1.54. The molecule has 0 fully saturated rings. The van der Waals surface area contributed by atoms with Gasteiger partial charge < -0.3 is 14.7 Å². The average Bonchev–Trinajstić information content (AvgIpc) is 2.96. The number of nitrogens with one attached hydrogen (secondary N) is 1. The fourth-order valence-corrected chi connectivity index (χ4v) is 2.46. The fourth-order valence-electron chi connectivity index (χ4n) is 1.79. The molecule has 0 spiro atoms. The summed E-state index contributed by atoms with van der Waals surface area (Å²) in [6.45, 7) is 1.75. The first-order valence-electron chi connectivity index (χ1n) is 6.92. The molecule has 0 saturated carbocycles. The van der Waals surface area contributed by atoms with Crippen molar-refractivity contribution in [2.45, 2.75) is 13.0 Å². The number of aliphatic hydroxyl groups is 1. The van der Waals surface area contributed by atoms with E-state index in [1.165, 1.54) is 30.3 Å². The zero-order valence-corrected chi connectivity index (χ0v) is 13.8. The lowest BCUT2D eigenvalue weighted by atomic mass is 10.2. The first-order chi connectivity index (χ1) is 11.4. The number of likely N-dealkylation sites (N-methyl/N-ethyl adjacent to an activating group) is 1. The van der Waals surface area contributed by atoms with Crippen molar-refractivity contribution in [3.63, 3.8) is 0 Å². The molecule has 1 atom stereocenters. The molecule has 0 saturated heterocycles. The zero-order chi connectivity index (χ0) is 17.7. The minimum absolute atomic E-state index is 0.0956. The standard InChI is InChI=1S/C15H15FN4O3S/c1-9(21)8-20(2)15(22)19-14-18-7-13(24-14)23-12-5-10(6-17)3-4-11(12)16/h3-5,7,9,21H,8H2,1-2H3,(H,18,19,22)/t9-/m0/s1. The highest BCUT2D eigenvalue weighted by atomic mass is 32.1. The number of carbonyl (C=O) groups is 1. The molecule has 126 valence electrons. The summed E-state index contributed by atoms with van der Waals surface area (Å²) in [6, 6.07) is 5.23. The van der Waals surface area contributed by atoms with Crippen LogP contribution >= 0.6 is 11.3 Å². The number of halogens is 1. The molecule has 1 aromatic heterocycles. The Bertz CT molecular complexity index is 772. The highest BCUT2D eigenvalue weighted by Gasteiger charge is 2.14. The Hall–Kier alpha value is -2.70. The van der Waals surface area contributed by atoms with Crippen molar-refractivity contribution in [1.29, 1.82) is 5.26 Å². The summed E-state index contributed by atoms with van der Waals surface area (Å²) in [5.41, 5.74) is 0.268. The molecule has 0 aliphatic heterocycles. The van der Waals surface area contributed by atoms with Gasteiger partial charge in [0.15, 0.2) is 16.7 Å². The number of aromatic nitrogens is 1. The van der Waals surface area contributed by atoms with Crippen molar-refractivity contribution >= 4 is 22.5 Å². The van der Waals surface area contributed by atoms with Crippen LogP contribution in [0, 0.1) is 17.1 Å². The lowest BCUT2D eigenvalue weighted by molar-refractivity contribution is 0.149. The highest BCUT2D eigenvalue weighted by Crippen LogP contribution is 2.32. The number of anilines is 1. The molecular weight excluding hydrogens is 335 g/mol. The minimum Gasteiger partial charge on any atom is -0.442 e. The van der Waals surface area contributed by atoms with Crippen LogP contribution in [0.4, 0.5) is 14.3 Å². The van der Waals surface area contributed by atoms with E-state index in [1.807, 2.05) is 6.07 Å². The van der Waals surface area contributed by atoms with Gasteiger partial charge in [-0.2, -0.15) is 5.26 Å². The molecule has 2 rings (SSSR count). The zero-order valence-electron chi connectivity index (χ0n) is 13.0. The normalized spacial score (nSPS) is 11.5. The molecule has 0 unspecified atom stereocenters. The minimum atomic E-state index is -0.647. The van der Waals surface area contributed by atoms with Crippen LogP contribution in [0.25, 0.3) is 0 Å². The van der Waals surface area contributed by atoms with Gasteiger partial charge >= 0.3 is 6.03 Å². The largest absolute Gasteiger partial charge is 0.442 e. The molecular formula is C15H15FN4O3S. The molecule has 0 bridgehead atoms. The van der Waals surface area contributed by atoms with Crippen LogP contribution in [0.1, 0.15) is 12.5 Å². The van der Waals surface area contributed by atoms with E-state index in [0.29, 0.717) is 0 Å². The number of rotatable bonds is 5. The third kappa shape index (κ3) is 4.65. The number of nitriles is 1. The maximum absolute atomic E-state index is 13.7. The molecule has 0 aliphatic rings. The van der Waals surface area contributed by atoms with Gasteiger partial charge in [0.25, 0.3) is 0 Å². The number of hydrogen-bond acceptors (Lipinski definition) is 6. The SMILES string of the molecule is C[C@H](O)CN(C)C(=O)Nc1ncc(Oc2cc(C#N)ccc2F)s1. The Kier molecular flexibility index (Phi) is 5.68. The van der Waals surface area contributed by atoms with Gasteiger partial charge in [-0.25, -0.2) is 14.2 Å². The molecule has 0 aliphatic carbocycles. The van der Waals surface area contributed by atoms with Crippen molar-refractivity contribution in [1.82, 2.24) is 9.88 Å². The second kappa shape index (κ2) is 7.72. The Labute approximate surface area is 141 Å². The van der Waals surface area contributed by atoms with Crippen LogP contribution in [-0.2, 0) is 0 Å². The number of nitrogens with zero attached hydrogens (tertiary/aromatic N) is 3. The molecule has 7 nitrogen and oxygen atoms in total. The second-order valence-corrected chi connectivity index (χ2v) is 6.00. The van der Waals surface area contributed by atoms with Gasteiger partial charge in [0.1, 0.15) is 0 Å². The molecule has 2 N–H and O–H groups in total. The lowest BCUT2D eigenvalue weighted by Crippen LogP contribution is -2.36. The van der Waals surface area contributed by atoms with E-state index >= 15 is 0 Å². The smallest absolute Gasteiger partial charge is 0.323 e. The topological polar surface area (TPSA) is 98.5 Å². The molecule has 2 amide bonds. The summed E-state index contributed by atoms with van der Waals surface area (Å²) in [5.74, 6) is -0.702. The number of benzene rings is 1. The molecule has 0 radical (unpaired) electrons. The van der Waals surface area contributed by atoms with Gasteiger partial charge in [0.05, 0.1) is 23.9 Å². The van der Waals surface area contributed by atoms with E-state index in [2.05, 4.69) is 10.3 Å². The van der Waals surface area contributed by atoms with Crippen LogP contribution in [0.2, 0.25) is 0 Å². The second-order valence-electron chi connectivity index (χ2n) is 5.00. The van der Waals surface area contributed by atoms with Crippen LogP contribution in [0.5, 0.6) is 10.8 Å². The number of ether oxygens (including phenoxy) is 1. The number of urea groups is 1. The van der Waals surface area contributed by atoms with E-state index in [4.69, 9.17) is 10.00 Å². The lowest BCUT2D eigenvalue weighted by Gasteiger charge is -2.18. The van der Waals surface area contributed by atoms with Crippen molar-refractivity contribution in [2.24, 2.45) is 0 Å².